The highest BCUT2D eigenvalue weighted by atomic mass is 16.6. The summed E-state index contributed by atoms with van der Waals surface area (Å²) in [5, 5.41) is 9.59. The lowest BCUT2D eigenvalue weighted by atomic mass is 10.0. The summed E-state index contributed by atoms with van der Waals surface area (Å²) in [6.45, 7) is 4.17. The van der Waals surface area contributed by atoms with Gasteiger partial charge in [-0.3, -0.25) is 9.59 Å². The van der Waals surface area contributed by atoms with Crippen LogP contribution in [0.4, 0.5) is 0 Å². The molecule has 0 aromatic carbocycles. The van der Waals surface area contributed by atoms with Crippen LogP contribution < -0.4 is 0 Å². The summed E-state index contributed by atoms with van der Waals surface area (Å²) in [4.78, 5) is 24.3. The molecule has 1 N–H and O–H groups in total. The fourth-order valence-corrected chi connectivity index (χ4v) is 6.85. The maximum atomic E-state index is 12.2. The summed E-state index contributed by atoms with van der Waals surface area (Å²) in [5.41, 5.74) is 0. The molecular weight excluding hydrogens is 633 g/mol. The Bertz CT molecular complexity index is 735. The zero-order valence-corrected chi connectivity index (χ0v) is 34.4. The van der Waals surface area contributed by atoms with Gasteiger partial charge in [0.25, 0.3) is 0 Å². The fraction of sp³-hybridized carbons (Fsp3) is 0.913. The third kappa shape index (κ3) is 41.3. The molecule has 302 valence electrons. The van der Waals surface area contributed by atoms with Gasteiger partial charge in [0.1, 0.15) is 6.61 Å². The number of aliphatic hydroxyl groups is 1. The van der Waals surface area contributed by atoms with E-state index in [9.17, 15) is 14.7 Å². The summed E-state index contributed by atoms with van der Waals surface area (Å²) in [6, 6.07) is 0. The predicted octanol–water partition coefficient (Wildman–Crippen LogP) is 14.5. The van der Waals surface area contributed by atoms with Crippen LogP contribution >= 0.6 is 0 Å². The van der Waals surface area contributed by atoms with Gasteiger partial charge in [0, 0.05) is 12.8 Å². The number of unbranched alkanes of at least 4 members (excludes halogenated alkanes) is 32. The summed E-state index contributed by atoms with van der Waals surface area (Å²) in [7, 11) is 0. The molecule has 1 atom stereocenters. The van der Waals surface area contributed by atoms with Crippen molar-refractivity contribution in [3.05, 3.63) is 12.2 Å². The van der Waals surface area contributed by atoms with Crippen molar-refractivity contribution in [2.45, 2.75) is 258 Å². The first-order chi connectivity index (χ1) is 25.1. The normalized spacial score (nSPS) is 12.1. The molecule has 0 heterocycles. The van der Waals surface area contributed by atoms with E-state index in [0.29, 0.717) is 12.8 Å². The average Bonchev–Trinajstić information content (AvgIpc) is 3.13. The van der Waals surface area contributed by atoms with Crippen LogP contribution in [0.1, 0.15) is 251 Å². The van der Waals surface area contributed by atoms with Gasteiger partial charge in [0.05, 0.1) is 6.61 Å². The summed E-state index contributed by atoms with van der Waals surface area (Å²) in [6.07, 6.45) is 50.0. The monoisotopic (exact) mass is 721 g/mol. The Morgan fingerprint density at radius 3 is 1.06 bits per heavy atom. The van der Waals surface area contributed by atoms with Gasteiger partial charge in [-0.05, 0) is 38.5 Å². The van der Waals surface area contributed by atoms with Gasteiger partial charge in [-0.25, -0.2) is 0 Å². The van der Waals surface area contributed by atoms with Crippen LogP contribution in [0, 0.1) is 0 Å². The molecule has 0 saturated heterocycles. The number of allylic oxidation sites excluding steroid dienone is 2. The molecule has 0 aliphatic carbocycles. The first-order valence-electron chi connectivity index (χ1n) is 22.7. The number of rotatable bonds is 42. The zero-order chi connectivity index (χ0) is 37.1. The predicted molar refractivity (Wildman–Crippen MR) is 219 cm³/mol. The Kier molecular flexibility index (Phi) is 41.9. The average molecular weight is 721 g/mol. The molecule has 0 radical (unpaired) electrons. The Hall–Kier alpha value is -1.36. The highest BCUT2D eigenvalue weighted by molar-refractivity contribution is 5.70. The topological polar surface area (TPSA) is 72.8 Å². The highest BCUT2D eigenvalue weighted by Gasteiger charge is 2.16. The maximum absolute atomic E-state index is 12.2. The number of hydrogen-bond acceptors (Lipinski definition) is 5. The van der Waals surface area contributed by atoms with Crippen molar-refractivity contribution in [1.82, 2.24) is 0 Å². The zero-order valence-electron chi connectivity index (χ0n) is 34.4. The molecule has 0 rings (SSSR count). The summed E-state index contributed by atoms with van der Waals surface area (Å²) < 4.78 is 10.7. The van der Waals surface area contributed by atoms with E-state index in [1.54, 1.807) is 0 Å². The number of ether oxygens (including phenoxy) is 2. The van der Waals surface area contributed by atoms with Crippen LogP contribution in [0.2, 0.25) is 0 Å². The van der Waals surface area contributed by atoms with E-state index >= 15 is 0 Å². The van der Waals surface area contributed by atoms with E-state index in [1.165, 1.54) is 193 Å². The van der Waals surface area contributed by atoms with E-state index in [4.69, 9.17) is 9.47 Å². The largest absolute Gasteiger partial charge is 0.462 e. The van der Waals surface area contributed by atoms with Gasteiger partial charge in [-0.2, -0.15) is 0 Å². The van der Waals surface area contributed by atoms with E-state index in [1.807, 2.05) is 0 Å². The Labute approximate surface area is 318 Å². The van der Waals surface area contributed by atoms with Crippen LogP contribution in [-0.2, 0) is 19.1 Å². The molecule has 0 fully saturated rings. The lowest BCUT2D eigenvalue weighted by Gasteiger charge is -2.15. The molecule has 1 unspecified atom stereocenters. The minimum atomic E-state index is -0.766. The van der Waals surface area contributed by atoms with Crippen LogP contribution in [0.3, 0.4) is 0 Å². The molecule has 0 aliphatic heterocycles. The van der Waals surface area contributed by atoms with E-state index in [2.05, 4.69) is 26.0 Å². The van der Waals surface area contributed by atoms with Crippen molar-refractivity contribution >= 4 is 11.9 Å². The third-order valence-electron chi connectivity index (χ3n) is 10.3. The molecule has 0 bridgehead atoms. The molecule has 5 nitrogen and oxygen atoms in total. The third-order valence-corrected chi connectivity index (χ3v) is 10.3. The Balaban J connectivity index is 3.48. The summed E-state index contributed by atoms with van der Waals surface area (Å²) in [5.74, 6) is -0.578. The van der Waals surface area contributed by atoms with Gasteiger partial charge < -0.3 is 14.6 Å². The number of aliphatic hydroxyl groups excluding tert-OH is 1. The first-order valence-corrected chi connectivity index (χ1v) is 22.7. The fourth-order valence-electron chi connectivity index (χ4n) is 6.85. The molecule has 0 spiro atoms. The number of esters is 2. The van der Waals surface area contributed by atoms with Crippen molar-refractivity contribution in [2.75, 3.05) is 13.2 Å². The standard InChI is InChI=1S/C46H88O5/c1-3-5-7-9-11-13-15-17-19-21-23-25-27-29-31-33-35-37-39-41-46(49)51-44(42-47)43-50-45(48)40-38-36-34-32-30-28-26-24-22-20-18-16-14-12-10-8-6-4-2/h17,19,44,47H,3-16,18,20-43H2,1-2H3/b19-17-. The first kappa shape index (κ1) is 49.6. The number of carbonyl (C=O) groups is 2. The number of hydrogen-bond donors (Lipinski definition) is 1. The smallest absolute Gasteiger partial charge is 0.306 e. The van der Waals surface area contributed by atoms with Crippen molar-refractivity contribution in [3.63, 3.8) is 0 Å². The molecule has 51 heavy (non-hydrogen) atoms. The molecular formula is C46H88O5. The SMILES string of the molecule is CCCCCCCC/C=C\CCCCCCCCCCCC(=O)OC(CO)COC(=O)CCCCCCCCCCCCCCCCCCCC. The van der Waals surface area contributed by atoms with Crippen molar-refractivity contribution in [3.8, 4) is 0 Å². The molecule has 0 saturated carbocycles. The molecule has 5 heteroatoms. The molecule has 0 aromatic rings. The van der Waals surface area contributed by atoms with Gasteiger partial charge >= 0.3 is 11.9 Å². The summed E-state index contributed by atoms with van der Waals surface area (Å²) >= 11 is 0. The Morgan fingerprint density at radius 1 is 0.431 bits per heavy atom. The lowest BCUT2D eigenvalue weighted by Crippen LogP contribution is -2.28. The second kappa shape index (κ2) is 43.0. The van der Waals surface area contributed by atoms with Crippen LogP contribution in [-0.4, -0.2) is 36.4 Å². The highest BCUT2D eigenvalue weighted by Crippen LogP contribution is 2.16. The maximum Gasteiger partial charge on any atom is 0.306 e. The molecule has 0 aromatic heterocycles. The van der Waals surface area contributed by atoms with Gasteiger partial charge in [-0.15, -0.1) is 0 Å². The van der Waals surface area contributed by atoms with E-state index < -0.39 is 6.10 Å². The van der Waals surface area contributed by atoms with Crippen LogP contribution in [0.15, 0.2) is 12.2 Å². The lowest BCUT2D eigenvalue weighted by molar-refractivity contribution is -0.161. The van der Waals surface area contributed by atoms with Crippen LogP contribution in [0.25, 0.3) is 0 Å². The minimum Gasteiger partial charge on any atom is -0.462 e. The van der Waals surface area contributed by atoms with Crippen molar-refractivity contribution in [2.24, 2.45) is 0 Å². The minimum absolute atomic E-state index is 0.0599. The van der Waals surface area contributed by atoms with Crippen molar-refractivity contribution < 1.29 is 24.2 Å². The van der Waals surface area contributed by atoms with Gasteiger partial charge in [-0.1, -0.05) is 212 Å². The quantitative estimate of drug-likeness (QED) is 0.0386. The van der Waals surface area contributed by atoms with Gasteiger partial charge in [0.15, 0.2) is 6.10 Å². The Morgan fingerprint density at radius 2 is 0.725 bits per heavy atom. The number of carbonyl (C=O) groups excluding carboxylic acids is 2. The van der Waals surface area contributed by atoms with Crippen molar-refractivity contribution in [1.29, 1.82) is 0 Å². The second-order valence-corrected chi connectivity index (χ2v) is 15.5. The molecule has 0 amide bonds. The molecule has 0 aliphatic rings. The second-order valence-electron chi connectivity index (χ2n) is 15.5. The van der Waals surface area contributed by atoms with Gasteiger partial charge in [0.2, 0.25) is 0 Å². The van der Waals surface area contributed by atoms with E-state index in [0.717, 1.165) is 32.1 Å². The van der Waals surface area contributed by atoms with Crippen LogP contribution in [0.5, 0.6) is 0 Å². The van der Waals surface area contributed by atoms with E-state index in [-0.39, 0.29) is 25.2 Å².